The van der Waals surface area contributed by atoms with Crippen LogP contribution < -0.4 is 14.4 Å². The summed E-state index contributed by atoms with van der Waals surface area (Å²) in [6.07, 6.45) is 2.54. The van der Waals surface area contributed by atoms with Crippen LogP contribution in [0.25, 0.3) is 0 Å². The summed E-state index contributed by atoms with van der Waals surface area (Å²) in [5.41, 5.74) is 1.49. The predicted molar refractivity (Wildman–Crippen MR) is 146 cm³/mol. The molecular weight excluding hydrogens is 526 g/mol. The first-order valence-electron chi connectivity index (χ1n) is 12.3. The Morgan fingerprint density at radius 2 is 1.58 bits per heavy atom. The van der Waals surface area contributed by atoms with Crippen molar-refractivity contribution in [3.63, 3.8) is 0 Å². The predicted octanol–water partition coefficient (Wildman–Crippen LogP) is 4.01. The van der Waals surface area contributed by atoms with Crippen LogP contribution in [0, 0.1) is 6.92 Å². The number of carbonyl (C=O) groups is 1. The van der Waals surface area contributed by atoms with Crippen LogP contribution in [0.5, 0.6) is 5.75 Å². The summed E-state index contributed by atoms with van der Waals surface area (Å²) in [6, 6.07) is 19.0. The van der Waals surface area contributed by atoms with Gasteiger partial charge in [-0.1, -0.05) is 42.3 Å². The van der Waals surface area contributed by atoms with Crippen molar-refractivity contribution in [3.05, 3.63) is 78.4 Å². The van der Waals surface area contributed by atoms with Gasteiger partial charge in [0.1, 0.15) is 17.2 Å². The number of hydrogen-bond acceptors (Lipinski definition) is 6. The maximum Gasteiger partial charge on any atom is 0.264 e. The Labute approximate surface area is 224 Å². The van der Waals surface area contributed by atoms with Gasteiger partial charge in [0.25, 0.3) is 10.0 Å². The van der Waals surface area contributed by atoms with Crippen molar-refractivity contribution in [2.45, 2.75) is 36.0 Å². The lowest BCUT2D eigenvalue weighted by atomic mass is 10.2. The highest BCUT2D eigenvalue weighted by Crippen LogP contribution is 2.31. The SMILES string of the molecule is COc1ccc(NC(=O)CN(c2ccc(C)cc2)S(=O)(=O)c2ccccc2)cc1S(=O)(=O)N1CCCCC1. The second-order valence-corrected chi connectivity index (χ2v) is 12.8. The van der Waals surface area contributed by atoms with E-state index in [1.54, 1.807) is 42.5 Å². The van der Waals surface area contributed by atoms with E-state index >= 15 is 0 Å². The van der Waals surface area contributed by atoms with Crippen molar-refractivity contribution in [2.75, 3.05) is 36.4 Å². The number of aryl methyl sites for hydroxylation is 1. The van der Waals surface area contributed by atoms with Crippen LogP contribution in [-0.2, 0) is 24.8 Å². The first-order chi connectivity index (χ1) is 18.1. The van der Waals surface area contributed by atoms with Gasteiger partial charge in [-0.2, -0.15) is 4.31 Å². The summed E-state index contributed by atoms with van der Waals surface area (Å²) >= 11 is 0. The Morgan fingerprint density at radius 3 is 2.21 bits per heavy atom. The van der Waals surface area contributed by atoms with E-state index in [4.69, 9.17) is 4.74 Å². The van der Waals surface area contributed by atoms with E-state index in [0.29, 0.717) is 18.8 Å². The summed E-state index contributed by atoms with van der Waals surface area (Å²) in [5.74, 6) is -0.460. The van der Waals surface area contributed by atoms with E-state index in [0.717, 1.165) is 29.1 Å². The first-order valence-corrected chi connectivity index (χ1v) is 15.1. The summed E-state index contributed by atoms with van der Waals surface area (Å²) in [7, 11) is -6.52. The fourth-order valence-corrected chi connectivity index (χ4v) is 7.42. The number of benzene rings is 3. The molecule has 0 spiro atoms. The lowest BCUT2D eigenvalue weighted by molar-refractivity contribution is -0.114. The minimum Gasteiger partial charge on any atom is -0.495 e. The molecule has 11 heteroatoms. The molecule has 1 heterocycles. The molecule has 1 aliphatic heterocycles. The van der Waals surface area contributed by atoms with E-state index < -0.39 is 32.5 Å². The number of methoxy groups -OCH3 is 1. The number of nitrogens with zero attached hydrogens (tertiary/aromatic N) is 2. The topological polar surface area (TPSA) is 113 Å². The minimum absolute atomic E-state index is 0.0488. The third-order valence-corrected chi connectivity index (χ3v) is 10.0. The molecule has 1 N–H and O–H groups in total. The lowest BCUT2D eigenvalue weighted by Crippen LogP contribution is -2.38. The van der Waals surface area contributed by atoms with Crippen LogP contribution in [0.15, 0.2) is 82.6 Å². The molecular formula is C27H31N3O6S2. The van der Waals surface area contributed by atoms with Crippen LogP contribution >= 0.6 is 0 Å². The van der Waals surface area contributed by atoms with Crippen molar-refractivity contribution in [1.82, 2.24) is 4.31 Å². The molecule has 38 heavy (non-hydrogen) atoms. The van der Waals surface area contributed by atoms with Gasteiger partial charge in [0.05, 0.1) is 17.7 Å². The Hall–Kier alpha value is -3.41. The molecule has 3 aromatic carbocycles. The van der Waals surface area contributed by atoms with Crippen LogP contribution in [0.2, 0.25) is 0 Å². The molecule has 0 unspecified atom stereocenters. The Kier molecular flexibility index (Phi) is 8.39. The quantitative estimate of drug-likeness (QED) is 0.425. The number of rotatable bonds is 9. The summed E-state index contributed by atoms with van der Waals surface area (Å²) < 4.78 is 61.4. The van der Waals surface area contributed by atoms with Crippen LogP contribution in [0.4, 0.5) is 11.4 Å². The Morgan fingerprint density at radius 1 is 0.921 bits per heavy atom. The van der Waals surface area contributed by atoms with Gasteiger partial charge in [0.2, 0.25) is 15.9 Å². The van der Waals surface area contributed by atoms with Gasteiger partial charge in [-0.3, -0.25) is 9.10 Å². The minimum atomic E-state index is -4.06. The van der Waals surface area contributed by atoms with Gasteiger partial charge in [-0.05, 0) is 62.2 Å². The van der Waals surface area contributed by atoms with Crippen molar-refractivity contribution in [3.8, 4) is 5.75 Å². The smallest absolute Gasteiger partial charge is 0.264 e. The maximum absolute atomic E-state index is 13.5. The molecule has 0 aliphatic carbocycles. The largest absolute Gasteiger partial charge is 0.495 e. The van der Waals surface area contributed by atoms with E-state index in [1.165, 1.54) is 41.7 Å². The zero-order valence-corrected chi connectivity index (χ0v) is 23.0. The molecule has 0 saturated carbocycles. The van der Waals surface area contributed by atoms with Crippen molar-refractivity contribution in [2.24, 2.45) is 0 Å². The van der Waals surface area contributed by atoms with Crippen LogP contribution in [0.3, 0.4) is 0 Å². The molecule has 9 nitrogen and oxygen atoms in total. The number of sulfonamides is 2. The number of hydrogen-bond donors (Lipinski definition) is 1. The first kappa shape index (κ1) is 27.6. The molecule has 0 aromatic heterocycles. The number of piperidine rings is 1. The molecule has 4 rings (SSSR count). The Balaban J connectivity index is 1.62. The summed E-state index contributed by atoms with van der Waals surface area (Å²) in [6.45, 7) is 2.21. The van der Waals surface area contributed by atoms with Gasteiger partial charge < -0.3 is 10.1 Å². The third kappa shape index (κ3) is 6.01. The number of anilines is 2. The molecule has 1 fully saturated rings. The molecule has 1 aliphatic rings. The fraction of sp³-hybridized carbons (Fsp3) is 0.296. The second kappa shape index (κ2) is 11.5. The van der Waals surface area contributed by atoms with Crippen molar-refractivity contribution < 1.29 is 26.4 Å². The number of ether oxygens (including phenoxy) is 1. The van der Waals surface area contributed by atoms with E-state index in [2.05, 4.69) is 5.32 Å². The zero-order valence-electron chi connectivity index (χ0n) is 21.3. The number of nitrogens with one attached hydrogen (secondary N) is 1. The highest BCUT2D eigenvalue weighted by Gasteiger charge is 2.30. The summed E-state index contributed by atoms with van der Waals surface area (Å²) in [4.78, 5) is 13.1. The van der Waals surface area contributed by atoms with E-state index in [9.17, 15) is 21.6 Å². The van der Waals surface area contributed by atoms with Crippen molar-refractivity contribution in [1.29, 1.82) is 0 Å². The van der Waals surface area contributed by atoms with E-state index in [-0.39, 0.29) is 21.2 Å². The van der Waals surface area contributed by atoms with Crippen LogP contribution in [0.1, 0.15) is 24.8 Å². The second-order valence-electron chi connectivity index (χ2n) is 9.04. The maximum atomic E-state index is 13.5. The molecule has 1 saturated heterocycles. The lowest BCUT2D eigenvalue weighted by Gasteiger charge is -2.27. The average molecular weight is 558 g/mol. The van der Waals surface area contributed by atoms with Gasteiger partial charge in [0, 0.05) is 18.8 Å². The van der Waals surface area contributed by atoms with E-state index in [1.807, 2.05) is 6.92 Å². The summed E-state index contributed by atoms with van der Waals surface area (Å²) in [5, 5.41) is 2.66. The normalized spacial score (nSPS) is 14.6. The number of carbonyl (C=O) groups excluding carboxylic acids is 1. The molecule has 0 radical (unpaired) electrons. The number of amides is 1. The van der Waals surface area contributed by atoms with Gasteiger partial charge >= 0.3 is 0 Å². The molecule has 1 amide bonds. The fourth-order valence-electron chi connectivity index (χ4n) is 4.28. The van der Waals surface area contributed by atoms with Gasteiger partial charge in [0.15, 0.2) is 0 Å². The monoisotopic (exact) mass is 557 g/mol. The molecule has 202 valence electrons. The van der Waals surface area contributed by atoms with Crippen LogP contribution in [-0.4, -0.2) is 53.8 Å². The third-order valence-electron chi connectivity index (χ3n) is 6.32. The molecule has 0 atom stereocenters. The Bertz CT molecular complexity index is 1490. The highest BCUT2D eigenvalue weighted by molar-refractivity contribution is 7.92. The molecule has 0 bridgehead atoms. The van der Waals surface area contributed by atoms with Gasteiger partial charge in [-0.15, -0.1) is 0 Å². The van der Waals surface area contributed by atoms with Crippen molar-refractivity contribution >= 4 is 37.3 Å². The van der Waals surface area contributed by atoms with Gasteiger partial charge in [-0.25, -0.2) is 16.8 Å². The zero-order chi connectivity index (χ0) is 27.3. The highest BCUT2D eigenvalue weighted by atomic mass is 32.2. The molecule has 3 aromatic rings. The average Bonchev–Trinajstić information content (AvgIpc) is 2.93. The standard InChI is InChI=1S/C27H31N3O6S2/c1-21-11-14-23(15-12-21)30(37(32,33)24-9-5-3-6-10-24)20-27(31)28-22-13-16-25(36-2)26(19-22)38(34,35)29-17-7-4-8-18-29/h3,5-6,9-16,19H,4,7-8,17-18,20H2,1-2H3,(H,28,31).